The summed E-state index contributed by atoms with van der Waals surface area (Å²) in [6.07, 6.45) is -1.21. The summed E-state index contributed by atoms with van der Waals surface area (Å²) in [6.45, 7) is 3.66. The van der Waals surface area contributed by atoms with Crippen LogP contribution in [0.1, 0.15) is 35.3 Å². The van der Waals surface area contributed by atoms with Gasteiger partial charge in [-0.3, -0.25) is 4.79 Å². The number of carboxylic acid groups (broad SMARTS) is 1. The van der Waals surface area contributed by atoms with Crippen LogP contribution < -0.4 is 14.8 Å². The Kier molecular flexibility index (Phi) is 8.98. The third-order valence-electron chi connectivity index (χ3n) is 4.42. The monoisotopic (exact) mass is 469 g/mol. The van der Waals surface area contributed by atoms with Gasteiger partial charge < -0.3 is 24.6 Å². The van der Waals surface area contributed by atoms with Crippen molar-refractivity contribution in [3.05, 3.63) is 57.1 Å². The fourth-order valence-corrected chi connectivity index (χ4v) is 3.50. The molecular weight excluding hydrogens is 445 g/mol. The van der Waals surface area contributed by atoms with E-state index in [9.17, 15) is 14.7 Å². The summed E-state index contributed by atoms with van der Waals surface area (Å²) >= 11 is 12.0. The summed E-state index contributed by atoms with van der Waals surface area (Å²) < 4.78 is 16.3. The Morgan fingerprint density at radius 3 is 2.23 bits per heavy atom. The molecule has 0 saturated heterocycles. The maximum absolute atomic E-state index is 12.5. The molecule has 0 bridgehead atoms. The molecule has 0 spiro atoms. The fourth-order valence-electron chi connectivity index (χ4n) is 3.00. The molecule has 0 fully saturated rings. The number of benzene rings is 2. The number of amides is 1. The molecule has 2 N–H and O–H groups in total. The van der Waals surface area contributed by atoms with Gasteiger partial charge in [0.05, 0.1) is 30.9 Å². The Labute approximate surface area is 191 Å². The lowest BCUT2D eigenvalue weighted by atomic mass is 10.0. The van der Waals surface area contributed by atoms with E-state index in [-0.39, 0.29) is 35.6 Å². The van der Waals surface area contributed by atoms with Crippen LogP contribution in [0.5, 0.6) is 11.5 Å². The summed E-state index contributed by atoms with van der Waals surface area (Å²) in [5.74, 6) is -0.502. The number of carboxylic acids is 1. The number of nitrogens with one attached hydrogen (secondary N) is 1. The van der Waals surface area contributed by atoms with Gasteiger partial charge >= 0.3 is 5.97 Å². The normalized spacial score (nSPS) is 11.8. The van der Waals surface area contributed by atoms with E-state index in [2.05, 4.69) is 5.32 Å². The highest BCUT2D eigenvalue weighted by Gasteiger charge is 2.23. The van der Waals surface area contributed by atoms with Gasteiger partial charge in [-0.2, -0.15) is 0 Å². The van der Waals surface area contributed by atoms with Crippen LogP contribution in [0, 0.1) is 0 Å². The van der Waals surface area contributed by atoms with E-state index in [1.165, 1.54) is 26.4 Å². The van der Waals surface area contributed by atoms with E-state index < -0.39 is 12.1 Å². The van der Waals surface area contributed by atoms with E-state index in [1.807, 2.05) is 0 Å². The zero-order chi connectivity index (χ0) is 23.1. The van der Waals surface area contributed by atoms with Gasteiger partial charge in [0.25, 0.3) is 5.91 Å². The van der Waals surface area contributed by atoms with Crippen molar-refractivity contribution in [1.29, 1.82) is 0 Å². The van der Waals surface area contributed by atoms with E-state index in [0.717, 1.165) is 0 Å². The Morgan fingerprint density at radius 1 is 1.03 bits per heavy atom. The van der Waals surface area contributed by atoms with Gasteiger partial charge in [-0.15, -0.1) is 0 Å². The highest BCUT2D eigenvalue weighted by molar-refractivity contribution is 6.36. The maximum atomic E-state index is 12.5. The van der Waals surface area contributed by atoms with Gasteiger partial charge in [-0.05, 0) is 43.7 Å². The van der Waals surface area contributed by atoms with Crippen LogP contribution in [-0.2, 0) is 22.5 Å². The van der Waals surface area contributed by atoms with Gasteiger partial charge in [-0.1, -0.05) is 23.2 Å². The van der Waals surface area contributed by atoms with Gasteiger partial charge in [0.1, 0.15) is 11.5 Å². The van der Waals surface area contributed by atoms with Gasteiger partial charge in [0.15, 0.2) is 6.10 Å². The number of carbonyl (C=O) groups excluding carboxylic acids is 1. The van der Waals surface area contributed by atoms with E-state index in [4.69, 9.17) is 37.4 Å². The minimum Gasteiger partial charge on any atom is -0.496 e. The molecule has 0 aliphatic carbocycles. The second-order valence-corrected chi connectivity index (χ2v) is 7.84. The van der Waals surface area contributed by atoms with Crippen LogP contribution in [0.2, 0.25) is 10.0 Å². The van der Waals surface area contributed by atoms with Crippen LogP contribution in [0.15, 0.2) is 30.3 Å². The average molecular weight is 470 g/mol. The van der Waals surface area contributed by atoms with Gasteiger partial charge in [-0.25, -0.2) is 4.79 Å². The number of rotatable bonds is 10. The smallest absolute Gasteiger partial charge is 0.333 e. The van der Waals surface area contributed by atoms with Crippen molar-refractivity contribution >= 4 is 35.1 Å². The zero-order valence-corrected chi connectivity index (χ0v) is 19.2. The molecule has 1 amide bonds. The number of ether oxygens (including phenoxy) is 3. The van der Waals surface area contributed by atoms with Crippen molar-refractivity contribution in [1.82, 2.24) is 5.32 Å². The molecule has 168 valence electrons. The lowest BCUT2D eigenvalue weighted by Crippen LogP contribution is -2.29. The molecule has 0 heterocycles. The average Bonchev–Trinajstić information content (AvgIpc) is 2.71. The lowest BCUT2D eigenvalue weighted by Gasteiger charge is -2.20. The topological polar surface area (TPSA) is 94.1 Å². The second-order valence-electron chi connectivity index (χ2n) is 7.00. The number of aliphatic carboxylic acids is 1. The number of carbonyl (C=O) groups is 2. The molecule has 0 aliphatic heterocycles. The number of hydrogen-bond acceptors (Lipinski definition) is 5. The minimum absolute atomic E-state index is 0.0879. The van der Waals surface area contributed by atoms with Crippen molar-refractivity contribution < 1.29 is 28.9 Å². The van der Waals surface area contributed by atoms with Crippen LogP contribution >= 0.6 is 23.2 Å². The predicted octanol–water partition coefficient (Wildman–Crippen LogP) is 4.36. The highest BCUT2D eigenvalue weighted by atomic mass is 35.5. The lowest BCUT2D eigenvalue weighted by molar-refractivity contribution is -0.153. The van der Waals surface area contributed by atoms with Crippen molar-refractivity contribution in [2.75, 3.05) is 14.2 Å². The van der Waals surface area contributed by atoms with E-state index in [1.54, 1.807) is 32.0 Å². The molecule has 2 rings (SSSR count). The molecule has 0 radical (unpaired) electrons. The van der Waals surface area contributed by atoms with E-state index in [0.29, 0.717) is 27.6 Å². The molecule has 31 heavy (non-hydrogen) atoms. The second kappa shape index (κ2) is 11.2. The first-order chi connectivity index (χ1) is 14.7. The third-order valence-corrected chi connectivity index (χ3v) is 4.96. The number of methoxy groups -OCH3 is 2. The molecule has 9 heteroatoms. The summed E-state index contributed by atoms with van der Waals surface area (Å²) in [4.78, 5) is 24.1. The van der Waals surface area contributed by atoms with Crippen molar-refractivity contribution in [2.24, 2.45) is 0 Å². The SMILES string of the molecule is COc1cc(OC)c(CC(OC(C)C)C(=O)O)cc1CNC(=O)c1ccc(Cl)cc1Cl. The van der Waals surface area contributed by atoms with Gasteiger partial charge in [0.2, 0.25) is 0 Å². The predicted molar refractivity (Wildman–Crippen MR) is 119 cm³/mol. The number of halogens is 2. The molecule has 0 saturated carbocycles. The molecule has 2 aromatic rings. The number of hydrogen-bond donors (Lipinski definition) is 2. The standard InChI is InChI=1S/C22H25Cl2NO6/c1-12(2)31-20(22(27)28)8-13-7-14(19(30-4)10-18(13)29-3)11-25-21(26)16-6-5-15(23)9-17(16)24/h5-7,9-10,12,20H,8,11H2,1-4H3,(H,25,26)(H,27,28). The summed E-state index contributed by atoms with van der Waals surface area (Å²) in [7, 11) is 2.99. The molecule has 2 aromatic carbocycles. The Bertz CT molecular complexity index is 948. The Balaban J connectivity index is 2.28. The third kappa shape index (κ3) is 6.75. The van der Waals surface area contributed by atoms with Crippen LogP contribution in [-0.4, -0.2) is 43.4 Å². The highest BCUT2D eigenvalue weighted by Crippen LogP contribution is 2.31. The first-order valence-corrected chi connectivity index (χ1v) is 10.3. The zero-order valence-electron chi connectivity index (χ0n) is 17.7. The van der Waals surface area contributed by atoms with Crippen molar-refractivity contribution in [2.45, 2.75) is 39.0 Å². The molecule has 1 atom stereocenters. The Morgan fingerprint density at radius 2 is 1.68 bits per heavy atom. The maximum Gasteiger partial charge on any atom is 0.333 e. The molecule has 7 nitrogen and oxygen atoms in total. The van der Waals surface area contributed by atoms with Crippen LogP contribution in [0.25, 0.3) is 0 Å². The minimum atomic E-state index is -1.07. The molecule has 0 aromatic heterocycles. The van der Waals surface area contributed by atoms with Crippen LogP contribution in [0.3, 0.4) is 0 Å². The first-order valence-electron chi connectivity index (χ1n) is 9.51. The molecular formula is C22H25Cl2NO6. The van der Waals surface area contributed by atoms with Gasteiger partial charge in [0, 0.05) is 29.6 Å². The van der Waals surface area contributed by atoms with Crippen molar-refractivity contribution in [3.63, 3.8) is 0 Å². The fraction of sp³-hybridized carbons (Fsp3) is 0.364. The largest absolute Gasteiger partial charge is 0.496 e. The summed E-state index contributed by atoms with van der Waals surface area (Å²) in [5, 5.41) is 13.0. The molecule has 1 unspecified atom stereocenters. The van der Waals surface area contributed by atoms with Crippen LogP contribution in [0.4, 0.5) is 0 Å². The molecule has 0 aliphatic rings. The Hall–Kier alpha value is -2.48. The summed E-state index contributed by atoms with van der Waals surface area (Å²) in [5.41, 5.74) is 1.55. The first kappa shape index (κ1) is 24.8. The quantitative estimate of drug-likeness (QED) is 0.536. The van der Waals surface area contributed by atoms with E-state index >= 15 is 0 Å². The van der Waals surface area contributed by atoms with Crippen molar-refractivity contribution in [3.8, 4) is 11.5 Å². The summed E-state index contributed by atoms with van der Waals surface area (Å²) in [6, 6.07) is 8.00.